The number of piperidine rings is 1. The molecule has 0 amide bonds. The molecule has 2 aliphatic rings. The van der Waals surface area contributed by atoms with Crippen LogP contribution in [0.15, 0.2) is 18.5 Å². The molecular formula is C17H20ClN3OS. The van der Waals surface area contributed by atoms with E-state index in [0.29, 0.717) is 6.04 Å². The van der Waals surface area contributed by atoms with E-state index in [4.69, 9.17) is 16.3 Å². The van der Waals surface area contributed by atoms with Crippen molar-refractivity contribution in [3.63, 3.8) is 0 Å². The monoisotopic (exact) mass is 349 g/mol. The summed E-state index contributed by atoms with van der Waals surface area (Å²) in [5.74, 6) is 0.800. The van der Waals surface area contributed by atoms with Gasteiger partial charge in [-0.25, -0.2) is 9.97 Å². The van der Waals surface area contributed by atoms with E-state index in [1.807, 2.05) is 19.3 Å². The predicted molar refractivity (Wildman–Crippen MR) is 92.0 cm³/mol. The van der Waals surface area contributed by atoms with Crippen LogP contribution in [0.3, 0.4) is 0 Å². The maximum absolute atomic E-state index is 6.36. The molecular weight excluding hydrogens is 330 g/mol. The highest BCUT2D eigenvalue weighted by Crippen LogP contribution is 2.49. The first-order valence-electron chi connectivity index (χ1n) is 8.03. The number of ether oxygens (including phenoxy) is 1. The molecule has 1 saturated heterocycles. The molecule has 122 valence electrons. The lowest BCUT2D eigenvalue weighted by molar-refractivity contribution is -0.0954. The van der Waals surface area contributed by atoms with Crippen LogP contribution >= 0.6 is 22.9 Å². The molecule has 2 aromatic rings. The molecule has 0 aliphatic carbocycles. The Hall–Kier alpha value is -1.01. The van der Waals surface area contributed by atoms with Crippen LogP contribution in [0.2, 0.25) is 4.34 Å². The largest absolute Gasteiger partial charge is 0.369 e. The van der Waals surface area contributed by atoms with Crippen LogP contribution in [0.5, 0.6) is 0 Å². The molecule has 0 radical (unpaired) electrons. The van der Waals surface area contributed by atoms with E-state index in [1.54, 1.807) is 11.3 Å². The van der Waals surface area contributed by atoms with Crippen LogP contribution in [0.4, 0.5) is 0 Å². The maximum atomic E-state index is 6.36. The summed E-state index contributed by atoms with van der Waals surface area (Å²) in [6, 6.07) is 2.68. The van der Waals surface area contributed by atoms with Crippen molar-refractivity contribution in [1.29, 1.82) is 0 Å². The molecule has 2 aromatic heterocycles. The Labute approximate surface area is 145 Å². The molecule has 4 rings (SSSR count). The van der Waals surface area contributed by atoms with Crippen molar-refractivity contribution in [2.45, 2.75) is 50.8 Å². The Morgan fingerprint density at radius 3 is 2.91 bits per heavy atom. The summed E-state index contributed by atoms with van der Waals surface area (Å²) >= 11 is 7.97. The van der Waals surface area contributed by atoms with Crippen molar-refractivity contribution in [3.05, 3.63) is 44.6 Å². The van der Waals surface area contributed by atoms with Crippen LogP contribution in [0.25, 0.3) is 0 Å². The summed E-state index contributed by atoms with van der Waals surface area (Å²) in [4.78, 5) is 10.0. The van der Waals surface area contributed by atoms with E-state index in [0.717, 1.165) is 41.6 Å². The highest BCUT2D eigenvalue weighted by Gasteiger charge is 2.46. The number of aromatic nitrogens is 2. The Balaban J connectivity index is 1.71. The number of nitrogens with zero attached hydrogens (tertiary/aromatic N) is 2. The molecule has 0 bridgehead atoms. The number of thiophene rings is 1. The Morgan fingerprint density at radius 2 is 2.13 bits per heavy atom. The third-order valence-electron chi connectivity index (χ3n) is 4.80. The molecule has 0 saturated carbocycles. The summed E-state index contributed by atoms with van der Waals surface area (Å²) in [7, 11) is 0. The first-order valence-corrected chi connectivity index (χ1v) is 9.22. The number of halogens is 1. The summed E-state index contributed by atoms with van der Waals surface area (Å²) < 4.78 is 7.23. The molecule has 1 fully saturated rings. The molecule has 1 spiro atoms. The SMILES string of the molecule is Cc1ncc(C2CC3(CC(C)N2)OCCc2cc(Cl)sc23)cn1. The number of fused-ring (bicyclic) bond motifs is 2. The van der Waals surface area contributed by atoms with E-state index in [9.17, 15) is 0 Å². The summed E-state index contributed by atoms with van der Waals surface area (Å²) in [6.45, 7) is 4.89. The Kier molecular flexibility index (Phi) is 3.92. The molecule has 3 unspecified atom stereocenters. The fraction of sp³-hybridized carbons (Fsp3) is 0.529. The zero-order valence-electron chi connectivity index (χ0n) is 13.3. The van der Waals surface area contributed by atoms with E-state index >= 15 is 0 Å². The van der Waals surface area contributed by atoms with Gasteiger partial charge in [0.2, 0.25) is 0 Å². The molecule has 6 heteroatoms. The van der Waals surface area contributed by atoms with Gasteiger partial charge in [0.25, 0.3) is 0 Å². The quantitative estimate of drug-likeness (QED) is 0.851. The van der Waals surface area contributed by atoms with Gasteiger partial charge in [-0.3, -0.25) is 0 Å². The molecule has 2 aliphatic heterocycles. The molecule has 4 heterocycles. The second kappa shape index (κ2) is 5.81. The third-order valence-corrected chi connectivity index (χ3v) is 6.29. The molecule has 0 aromatic carbocycles. The van der Waals surface area contributed by atoms with Crippen LogP contribution < -0.4 is 5.32 Å². The summed E-state index contributed by atoms with van der Waals surface area (Å²) in [6.07, 6.45) is 6.68. The van der Waals surface area contributed by atoms with Gasteiger partial charge in [0.15, 0.2) is 0 Å². The zero-order chi connectivity index (χ0) is 16.0. The predicted octanol–water partition coefficient (Wildman–Crippen LogP) is 3.78. The van der Waals surface area contributed by atoms with Crippen LogP contribution in [-0.4, -0.2) is 22.6 Å². The van der Waals surface area contributed by atoms with E-state index < -0.39 is 0 Å². The van der Waals surface area contributed by atoms with Gasteiger partial charge in [-0.15, -0.1) is 11.3 Å². The van der Waals surface area contributed by atoms with Crippen molar-refractivity contribution in [3.8, 4) is 0 Å². The first kappa shape index (κ1) is 15.5. The van der Waals surface area contributed by atoms with Crippen molar-refractivity contribution in [1.82, 2.24) is 15.3 Å². The maximum Gasteiger partial charge on any atom is 0.125 e. The third kappa shape index (κ3) is 2.80. The van der Waals surface area contributed by atoms with Gasteiger partial charge < -0.3 is 10.1 Å². The van der Waals surface area contributed by atoms with Crippen LogP contribution in [0, 0.1) is 6.92 Å². The zero-order valence-corrected chi connectivity index (χ0v) is 14.9. The van der Waals surface area contributed by atoms with Crippen LogP contribution in [0.1, 0.15) is 47.6 Å². The number of hydrogen-bond donors (Lipinski definition) is 1. The minimum absolute atomic E-state index is 0.200. The Morgan fingerprint density at radius 1 is 1.35 bits per heavy atom. The highest BCUT2D eigenvalue weighted by atomic mass is 35.5. The van der Waals surface area contributed by atoms with E-state index in [-0.39, 0.29) is 11.6 Å². The number of hydrogen-bond acceptors (Lipinski definition) is 5. The lowest BCUT2D eigenvalue weighted by Crippen LogP contribution is -2.49. The van der Waals surface area contributed by atoms with Gasteiger partial charge in [0.1, 0.15) is 11.4 Å². The fourth-order valence-corrected chi connectivity index (χ4v) is 5.32. The van der Waals surface area contributed by atoms with E-state index in [2.05, 4.69) is 28.3 Å². The van der Waals surface area contributed by atoms with Gasteiger partial charge in [0.05, 0.1) is 10.9 Å². The Bertz CT molecular complexity index is 717. The average molecular weight is 350 g/mol. The van der Waals surface area contributed by atoms with Crippen molar-refractivity contribution >= 4 is 22.9 Å². The number of rotatable bonds is 1. The van der Waals surface area contributed by atoms with Crippen molar-refractivity contribution in [2.75, 3.05) is 6.61 Å². The highest BCUT2D eigenvalue weighted by molar-refractivity contribution is 7.16. The van der Waals surface area contributed by atoms with Crippen LogP contribution in [-0.2, 0) is 16.8 Å². The lowest BCUT2D eigenvalue weighted by atomic mass is 9.78. The number of nitrogens with one attached hydrogen (secondary N) is 1. The second-order valence-electron chi connectivity index (χ2n) is 6.59. The summed E-state index contributed by atoms with van der Waals surface area (Å²) in [5, 5.41) is 3.67. The average Bonchev–Trinajstić information content (AvgIpc) is 2.90. The van der Waals surface area contributed by atoms with Gasteiger partial charge >= 0.3 is 0 Å². The van der Waals surface area contributed by atoms with Gasteiger partial charge in [-0.1, -0.05) is 11.6 Å². The molecule has 3 atom stereocenters. The van der Waals surface area contributed by atoms with Crippen molar-refractivity contribution < 1.29 is 4.74 Å². The topological polar surface area (TPSA) is 47.0 Å². The fourth-order valence-electron chi connectivity index (χ4n) is 3.86. The molecule has 4 nitrogen and oxygen atoms in total. The minimum Gasteiger partial charge on any atom is -0.369 e. The second-order valence-corrected chi connectivity index (χ2v) is 8.27. The minimum atomic E-state index is -0.231. The summed E-state index contributed by atoms with van der Waals surface area (Å²) in [5.41, 5.74) is 2.25. The smallest absolute Gasteiger partial charge is 0.125 e. The van der Waals surface area contributed by atoms with E-state index in [1.165, 1.54) is 10.4 Å². The van der Waals surface area contributed by atoms with Gasteiger partial charge in [0, 0.05) is 41.3 Å². The number of aryl methyl sites for hydroxylation is 1. The first-order chi connectivity index (χ1) is 11.1. The standard InChI is InChI=1S/C17H20ClN3OS/c1-10-6-17(16-12(3-4-22-17)5-15(18)23-16)7-14(21-10)13-8-19-11(2)20-9-13/h5,8-10,14,21H,3-4,6-7H2,1-2H3. The molecule has 1 N–H and O–H groups in total. The van der Waals surface area contributed by atoms with Gasteiger partial charge in [-0.05, 0) is 38.3 Å². The van der Waals surface area contributed by atoms with Gasteiger partial charge in [-0.2, -0.15) is 0 Å². The normalized spacial score (nSPS) is 30.4. The van der Waals surface area contributed by atoms with Crippen molar-refractivity contribution in [2.24, 2.45) is 0 Å². The molecule has 23 heavy (non-hydrogen) atoms. The lowest BCUT2D eigenvalue weighted by Gasteiger charge is -2.46.